The lowest BCUT2D eigenvalue weighted by Gasteiger charge is -1.96. The van der Waals surface area contributed by atoms with Crippen molar-refractivity contribution in [2.75, 3.05) is 0 Å². The summed E-state index contributed by atoms with van der Waals surface area (Å²) in [5.41, 5.74) is 3.03. The van der Waals surface area contributed by atoms with Gasteiger partial charge in [0.1, 0.15) is 0 Å². The molecule has 0 saturated carbocycles. The third kappa shape index (κ3) is 1.22. The smallest absolute Gasteiger partial charge is 0.423 e. The van der Waals surface area contributed by atoms with Crippen molar-refractivity contribution in [3.8, 4) is 0 Å². The molecule has 0 amide bonds. The molecule has 0 bridgehead atoms. The summed E-state index contributed by atoms with van der Waals surface area (Å²) < 4.78 is 1.06. The van der Waals surface area contributed by atoms with Gasteiger partial charge in [0.25, 0.3) is 0 Å². The van der Waals surface area contributed by atoms with Gasteiger partial charge in [-0.15, -0.1) is 11.3 Å². The highest BCUT2D eigenvalue weighted by Crippen LogP contribution is 2.15. The Morgan fingerprint density at radius 2 is 2.17 bits per heavy atom. The Bertz CT molecular complexity index is 401. The van der Waals surface area contributed by atoms with E-state index in [1.54, 1.807) is 17.6 Å². The Balaban J connectivity index is 2.60. The average molecular weight is 179 g/mol. The highest BCUT2D eigenvalue weighted by atomic mass is 32.1. The van der Waals surface area contributed by atoms with E-state index in [0.29, 0.717) is 5.46 Å². The summed E-state index contributed by atoms with van der Waals surface area (Å²) in [7, 11) is -1.41. The van der Waals surface area contributed by atoms with Crippen molar-refractivity contribution in [1.29, 1.82) is 0 Å². The zero-order valence-electron chi connectivity index (χ0n) is 6.14. The molecule has 0 aliphatic carbocycles. The Kier molecular flexibility index (Phi) is 1.84. The molecular weight excluding hydrogens is 173 g/mol. The average Bonchev–Trinajstić information content (AvgIpc) is 2.49. The van der Waals surface area contributed by atoms with Gasteiger partial charge in [-0.1, -0.05) is 6.07 Å². The summed E-state index contributed by atoms with van der Waals surface area (Å²) in [4.78, 5) is 4.06. The van der Waals surface area contributed by atoms with Crippen molar-refractivity contribution in [3.63, 3.8) is 0 Å². The molecule has 1 heterocycles. The van der Waals surface area contributed by atoms with E-state index in [1.165, 1.54) is 11.3 Å². The number of benzene rings is 1. The molecule has 0 unspecified atom stereocenters. The number of nitrogens with zero attached hydrogens (tertiary/aromatic N) is 1. The lowest BCUT2D eigenvalue weighted by molar-refractivity contribution is 0.426. The standard InChI is InChI=1S/C7H6BNO2S/c10-8(11)5-1-2-7-6(3-5)9-4-12-7/h1-4,10-11H. The molecule has 5 heteroatoms. The maximum absolute atomic E-state index is 8.85. The third-order valence-electron chi connectivity index (χ3n) is 1.65. The summed E-state index contributed by atoms with van der Waals surface area (Å²) >= 11 is 1.53. The minimum absolute atomic E-state index is 0.480. The van der Waals surface area contributed by atoms with E-state index in [2.05, 4.69) is 4.98 Å². The van der Waals surface area contributed by atoms with Crippen molar-refractivity contribution < 1.29 is 10.0 Å². The van der Waals surface area contributed by atoms with Crippen LogP contribution < -0.4 is 5.46 Å². The Labute approximate surface area is 73.5 Å². The summed E-state index contributed by atoms with van der Waals surface area (Å²) in [6.45, 7) is 0. The fourth-order valence-electron chi connectivity index (χ4n) is 1.04. The zero-order chi connectivity index (χ0) is 8.55. The maximum atomic E-state index is 8.85. The van der Waals surface area contributed by atoms with Gasteiger partial charge in [-0.3, -0.25) is 0 Å². The Morgan fingerprint density at radius 1 is 1.33 bits per heavy atom. The SMILES string of the molecule is OB(O)c1ccc2scnc2c1. The quantitative estimate of drug-likeness (QED) is 0.604. The molecule has 1 aromatic heterocycles. The second-order valence-corrected chi connectivity index (χ2v) is 3.34. The van der Waals surface area contributed by atoms with Gasteiger partial charge in [0.05, 0.1) is 15.7 Å². The molecule has 0 aliphatic rings. The van der Waals surface area contributed by atoms with Crippen LogP contribution >= 0.6 is 11.3 Å². The van der Waals surface area contributed by atoms with Crippen molar-refractivity contribution in [2.45, 2.75) is 0 Å². The Morgan fingerprint density at radius 3 is 2.92 bits per heavy atom. The summed E-state index contributed by atoms with van der Waals surface area (Å²) in [5, 5.41) is 17.7. The number of rotatable bonds is 1. The molecule has 0 fully saturated rings. The zero-order valence-corrected chi connectivity index (χ0v) is 6.95. The fourth-order valence-corrected chi connectivity index (χ4v) is 1.69. The minimum atomic E-state index is -1.41. The first-order chi connectivity index (χ1) is 5.77. The lowest BCUT2D eigenvalue weighted by atomic mass is 9.80. The fraction of sp³-hybridized carbons (Fsp3) is 0. The number of hydrogen-bond donors (Lipinski definition) is 2. The van der Waals surface area contributed by atoms with Crippen LogP contribution in [0.1, 0.15) is 0 Å². The molecule has 0 atom stereocenters. The van der Waals surface area contributed by atoms with Gasteiger partial charge in [0.15, 0.2) is 0 Å². The molecule has 60 valence electrons. The van der Waals surface area contributed by atoms with E-state index < -0.39 is 7.12 Å². The van der Waals surface area contributed by atoms with Crippen LogP contribution in [0.15, 0.2) is 23.7 Å². The topological polar surface area (TPSA) is 53.4 Å². The van der Waals surface area contributed by atoms with Crippen LogP contribution in [0.5, 0.6) is 0 Å². The summed E-state index contributed by atoms with van der Waals surface area (Å²) in [5.74, 6) is 0. The summed E-state index contributed by atoms with van der Waals surface area (Å²) in [6, 6.07) is 5.20. The minimum Gasteiger partial charge on any atom is -0.423 e. The van der Waals surface area contributed by atoms with E-state index in [-0.39, 0.29) is 0 Å². The molecule has 2 rings (SSSR count). The van der Waals surface area contributed by atoms with E-state index in [1.807, 2.05) is 6.07 Å². The largest absolute Gasteiger partial charge is 0.488 e. The number of thiazole rings is 1. The van der Waals surface area contributed by atoms with E-state index in [9.17, 15) is 0 Å². The second kappa shape index (κ2) is 2.86. The van der Waals surface area contributed by atoms with Crippen molar-refractivity contribution >= 4 is 34.1 Å². The van der Waals surface area contributed by atoms with Gasteiger partial charge >= 0.3 is 7.12 Å². The van der Waals surface area contributed by atoms with Crippen molar-refractivity contribution in [2.24, 2.45) is 0 Å². The highest BCUT2D eigenvalue weighted by molar-refractivity contribution is 7.16. The highest BCUT2D eigenvalue weighted by Gasteiger charge is 2.11. The van der Waals surface area contributed by atoms with E-state index in [0.717, 1.165) is 10.2 Å². The molecule has 0 aliphatic heterocycles. The van der Waals surface area contributed by atoms with Crippen LogP contribution in [-0.4, -0.2) is 22.2 Å². The van der Waals surface area contributed by atoms with Gasteiger partial charge in [-0.05, 0) is 17.6 Å². The number of aromatic nitrogens is 1. The normalized spacial score (nSPS) is 10.5. The number of fused-ring (bicyclic) bond motifs is 1. The van der Waals surface area contributed by atoms with Crippen molar-refractivity contribution in [1.82, 2.24) is 4.98 Å². The maximum Gasteiger partial charge on any atom is 0.488 e. The Hall–Kier alpha value is -0.905. The van der Waals surface area contributed by atoms with Gasteiger partial charge in [-0.2, -0.15) is 0 Å². The van der Waals surface area contributed by atoms with Crippen LogP contribution in [0.25, 0.3) is 10.2 Å². The van der Waals surface area contributed by atoms with Crippen LogP contribution in [0.3, 0.4) is 0 Å². The first-order valence-corrected chi connectivity index (χ1v) is 4.34. The lowest BCUT2D eigenvalue weighted by Crippen LogP contribution is -2.29. The molecule has 12 heavy (non-hydrogen) atoms. The monoisotopic (exact) mass is 179 g/mol. The van der Waals surface area contributed by atoms with Gasteiger partial charge < -0.3 is 10.0 Å². The number of hydrogen-bond acceptors (Lipinski definition) is 4. The van der Waals surface area contributed by atoms with Gasteiger partial charge in [-0.25, -0.2) is 4.98 Å². The van der Waals surface area contributed by atoms with Crippen molar-refractivity contribution in [3.05, 3.63) is 23.7 Å². The van der Waals surface area contributed by atoms with Crippen LogP contribution in [0.2, 0.25) is 0 Å². The summed E-state index contributed by atoms with van der Waals surface area (Å²) in [6.07, 6.45) is 0. The van der Waals surface area contributed by atoms with Gasteiger partial charge in [0.2, 0.25) is 0 Å². The predicted octanol–water partition coefficient (Wildman–Crippen LogP) is -0.0239. The molecule has 1 aromatic carbocycles. The molecule has 3 nitrogen and oxygen atoms in total. The predicted molar refractivity (Wildman–Crippen MR) is 49.4 cm³/mol. The molecule has 0 spiro atoms. The first-order valence-electron chi connectivity index (χ1n) is 3.46. The molecule has 0 saturated heterocycles. The first kappa shape index (κ1) is 7.73. The molecule has 0 radical (unpaired) electrons. The van der Waals surface area contributed by atoms with Crippen LogP contribution in [-0.2, 0) is 0 Å². The molecule has 2 N–H and O–H groups in total. The van der Waals surface area contributed by atoms with E-state index in [4.69, 9.17) is 10.0 Å². The second-order valence-electron chi connectivity index (χ2n) is 2.45. The molecular formula is C7H6BNO2S. The van der Waals surface area contributed by atoms with Crippen LogP contribution in [0.4, 0.5) is 0 Å². The third-order valence-corrected chi connectivity index (χ3v) is 2.46. The van der Waals surface area contributed by atoms with E-state index >= 15 is 0 Å². The van der Waals surface area contributed by atoms with Gasteiger partial charge in [0, 0.05) is 0 Å². The molecule has 2 aromatic rings. The van der Waals surface area contributed by atoms with Crippen LogP contribution in [0, 0.1) is 0 Å².